The number of anilines is 2. The zero-order valence-corrected chi connectivity index (χ0v) is 13.3. The Labute approximate surface area is 127 Å². The number of rotatable bonds is 7. The number of thiophene rings is 1. The smallest absolute Gasteiger partial charge is 0.305 e. The van der Waals surface area contributed by atoms with Crippen molar-refractivity contribution in [3.8, 4) is 0 Å². The first-order valence-corrected chi connectivity index (χ1v) is 7.81. The van der Waals surface area contributed by atoms with Crippen LogP contribution in [0.15, 0.2) is 6.07 Å². The lowest BCUT2D eigenvalue weighted by atomic mass is 10.3. The monoisotopic (exact) mass is 308 g/mol. The molecule has 0 radical (unpaired) electrons. The molecule has 0 saturated heterocycles. The molecule has 2 rings (SSSR count). The van der Waals surface area contributed by atoms with Crippen molar-refractivity contribution in [1.82, 2.24) is 9.97 Å². The molecule has 6 nitrogen and oxygen atoms in total. The van der Waals surface area contributed by atoms with Gasteiger partial charge in [0.05, 0.1) is 12.0 Å². The van der Waals surface area contributed by atoms with E-state index in [-0.39, 0.29) is 5.97 Å². The van der Waals surface area contributed by atoms with Gasteiger partial charge in [0, 0.05) is 24.9 Å². The molecule has 0 atom stereocenters. The first-order chi connectivity index (χ1) is 10.1. The predicted molar refractivity (Wildman–Crippen MR) is 86.1 cm³/mol. The van der Waals surface area contributed by atoms with E-state index in [2.05, 4.69) is 33.6 Å². The number of hydrogen-bond acceptors (Lipinski definition) is 7. The van der Waals surface area contributed by atoms with Gasteiger partial charge in [-0.05, 0) is 26.3 Å². The van der Waals surface area contributed by atoms with E-state index in [1.54, 1.807) is 18.4 Å². The number of nitrogens with one attached hydrogen (secondary N) is 2. The molecule has 0 saturated carbocycles. The van der Waals surface area contributed by atoms with Crippen LogP contribution in [0.25, 0.3) is 10.2 Å². The van der Waals surface area contributed by atoms with Crippen LogP contribution in [0.4, 0.5) is 11.8 Å². The lowest BCUT2D eigenvalue weighted by molar-refractivity contribution is -0.143. The van der Waals surface area contributed by atoms with Gasteiger partial charge in [-0.15, -0.1) is 11.3 Å². The summed E-state index contributed by atoms with van der Waals surface area (Å²) in [7, 11) is 1.80. The van der Waals surface area contributed by atoms with E-state index in [9.17, 15) is 4.79 Å². The van der Waals surface area contributed by atoms with Gasteiger partial charge in [0.2, 0.25) is 5.95 Å². The van der Waals surface area contributed by atoms with E-state index in [1.165, 1.54) is 4.88 Å². The second-order valence-electron chi connectivity index (χ2n) is 4.56. The van der Waals surface area contributed by atoms with Crippen LogP contribution in [0, 0.1) is 6.92 Å². The fraction of sp³-hybridized carbons (Fsp3) is 0.500. The summed E-state index contributed by atoms with van der Waals surface area (Å²) in [4.78, 5) is 22.3. The van der Waals surface area contributed by atoms with Gasteiger partial charge < -0.3 is 15.4 Å². The van der Waals surface area contributed by atoms with E-state index >= 15 is 0 Å². The summed E-state index contributed by atoms with van der Waals surface area (Å²) in [6.07, 6.45) is 1.12. The standard InChI is InChI=1S/C14H20N4O2S/c1-4-20-11(19)6-5-7-16-12-10-8-9(2)21-13(10)18-14(15-3)17-12/h8H,4-7H2,1-3H3,(H2,15,16,17,18). The van der Waals surface area contributed by atoms with Crippen molar-refractivity contribution in [3.63, 3.8) is 0 Å². The van der Waals surface area contributed by atoms with Gasteiger partial charge in [0.25, 0.3) is 0 Å². The average molecular weight is 308 g/mol. The van der Waals surface area contributed by atoms with E-state index in [1.807, 2.05) is 6.92 Å². The molecule has 2 heterocycles. The number of esters is 1. The minimum absolute atomic E-state index is 0.158. The molecule has 0 bridgehead atoms. The SMILES string of the molecule is CCOC(=O)CCCNc1nc(NC)nc2sc(C)cc12. The Balaban J connectivity index is 2.02. The van der Waals surface area contributed by atoms with Crippen molar-refractivity contribution in [2.75, 3.05) is 30.8 Å². The molecule has 0 fully saturated rings. The van der Waals surface area contributed by atoms with Gasteiger partial charge in [-0.2, -0.15) is 4.98 Å². The van der Waals surface area contributed by atoms with E-state index in [0.717, 1.165) is 16.0 Å². The first-order valence-electron chi connectivity index (χ1n) is 6.99. The molecular formula is C14H20N4O2S. The second-order valence-corrected chi connectivity index (χ2v) is 5.79. The fourth-order valence-corrected chi connectivity index (χ4v) is 2.84. The molecule has 0 aliphatic rings. The van der Waals surface area contributed by atoms with Crippen molar-refractivity contribution >= 4 is 39.3 Å². The highest BCUT2D eigenvalue weighted by Gasteiger charge is 2.10. The number of aryl methyl sites for hydroxylation is 1. The Bertz CT molecular complexity index is 627. The largest absolute Gasteiger partial charge is 0.466 e. The second kappa shape index (κ2) is 7.21. The molecule has 114 valence electrons. The summed E-state index contributed by atoms with van der Waals surface area (Å²) in [6, 6.07) is 2.08. The highest BCUT2D eigenvalue weighted by atomic mass is 32.1. The summed E-state index contributed by atoms with van der Waals surface area (Å²) in [5.41, 5.74) is 0. The molecule has 2 N–H and O–H groups in total. The van der Waals surface area contributed by atoms with Crippen LogP contribution >= 0.6 is 11.3 Å². The number of aromatic nitrogens is 2. The molecule has 21 heavy (non-hydrogen) atoms. The number of nitrogens with zero attached hydrogens (tertiary/aromatic N) is 2. The Morgan fingerprint density at radius 2 is 2.24 bits per heavy atom. The third-order valence-corrected chi connectivity index (χ3v) is 3.84. The van der Waals surface area contributed by atoms with Crippen molar-refractivity contribution in [1.29, 1.82) is 0 Å². The van der Waals surface area contributed by atoms with Gasteiger partial charge >= 0.3 is 5.97 Å². The molecule has 2 aromatic rings. The van der Waals surface area contributed by atoms with Crippen molar-refractivity contribution in [3.05, 3.63) is 10.9 Å². The van der Waals surface area contributed by atoms with Crippen LogP contribution in [0.1, 0.15) is 24.6 Å². The van der Waals surface area contributed by atoms with Crippen LogP contribution in [0.2, 0.25) is 0 Å². The van der Waals surface area contributed by atoms with Crippen LogP contribution < -0.4 is 10.6 Å². The first kappa shape index (κ1) is 15.5. The number of fused-ring (bicyclic) bond motifs is 1. The Morgan fingerprint density at radius 3 is 2.95 bits per heavy atom. The minimum atomic E-state index is -0.158. The lowest BCUT2D eigenvalue weighted by Gasteiger charge is -2.08. The Hall–Kier alpha value is -1.89. The maximum atomic E-state index is 11.3. The van der Waals surface area contributed by atoms with Crippen LogP contribution in [0.3, 0.4) is 0 Å². The predicted octanol–water partition coefficient (Wildman–Crippen LogP) is 2.80. The maximum absolute atomic E-state index is 11.3. The molecule has 0 unspecified atom stereocenters. The number of carbonyl (C=O) groups excluding carboxylic acids is 1. The van der Waals surface area contributed by atoms with Crippen LogP contribution in [-0.4, -0.2) is 36.1 Å². The molecular weight excluding hydrogens is 288 g/mol. The molecule has 0 aliphatic heterocycles. The normalized spacial score (nSPS) is 10.6. The Kier molecular flexibility index (Phi) is 5.32. The van der Waals surface area contributed by atoms with E-state index in [0.29, 0.717) is 31.9 Å². The number of carbonyl (C=O) groups is 1. The van der Waals surface area contributed by atoms with Crippen molar-refractivity contribution < 1.29 is 9.53 Å². The lowest BCUT2D eigenvalue weighted by Crippen LogP contribution is -2.10. The minimum Gasteiger partial charge on any atom is -0.466 e. The van der Waals surface area contributed by atoms with Gasteiger partial charge in [-0.25, -0.2) is 4.98 Å². The summed E-state index contributed by atoms with van der Waals surface area (Å²) in [5.74, 6) is 1.24. The molecule has 0 spiro atoms. The summed E-state index contributed by atoms with van der Waals surface area (Å²) in [6.45, 7) is 4.96. The highest BCUT2D eigenvalue weighted by Crippen LogP contribution is 2.29. The third kappa shape index (κ3) is 4.04. The maximum Gasteiger partial charge on any atom is 0.305 e. The Morgan fingerprint density at radius 1 is 1.43 bits per heavy atom. The average Bonchev–Trinajstić information content (AvgIpc) is 2.83. The fourth-order valence-electron chi connectivity index (χ4n) is 1.96. The van der Waals surface area contributed by atoms with Gasteiger partial charge in [0.1, 0.15) is 10.6 Å². The van der Waals surface area contributed by atoms with Gasteiger partial charge in [-0.1, -0.05) is 0 Å². The number of ether oxygens (including phenoxy) is 1. The molecule has 0 aliphatic carbocycles. The summed E-state index contributed by atoms with van der Waals surface area (Å²) >= 11 is 1.64. The topological polar surface area (TPSA) is 76.1 Å². The van der Waals surface area contributed by atoms with Crippen molar-refractivity contribution in [2.24, 2.45) is 0 Å². The zero-order chi connectivity index (χ0) is 15.2. The van der Waals surface area contributed by atoms with E-state index < -0.39 is 0 Å². The van der Waals surface area contributed by atoms with E-state index in [4.69, 9.17) is 4.74 Å². The highest BCUT2D eigenvalue weighted by molar-refractivity contribution is 7.18. The molecule has 7 heteroatoms. The van der Waals surface area contributed by atoms with Crippen molar-refractivity contribution in [2.45, 2.75) is 26.7 Å². The van der Waals surface area contributed by atoms with Gasteiger partial charge in [0.15, 0.2) is 0 Å². The molecule has 0 aromatic carbocycles. The molecule has 0 amide bonds. The number of hydrogen-bond donors (Lipinski definition) is 2. The van der Waals surface area contributed by atoms with Crippen LogP contribution in [-0.2, 0) is 9.53 Å². The van der Waals surface area contributed by atoms with Gasteiger partial charge in [-0.3, -0.25) is 4.79 Å². The quantitative estimate of drug-likeness (QED) is 0.605. The third-order valence-electron chi connectivity index (χ3n) is 2.89. The summed E-state index contributed by atoms with van der Waals surface area (Å²) in [5, 5.41) is 7.27. The zero-order valence-electron chi connectivity index (χ0n) is 12.5. The van der Waals surface area contributed by atoms with Crippen LogP contribution in [0.5, 0.6) is 0 Å². The summed E-state index contributed by atoms with van der Waals surface area (Å²) < 4.78 is 4.90. The molecule has 2 aromatic heterocycles.